The Labute approximate surface area is 130 Å². The normalized spacial score (nSPS) is 23.1. The molecule has 0 unspecified atom stereocenters. The summed E-state index contributed by atoms with van der Waals surface area (Å²) in [6.07, 6.45) is 13.1. The standard InChI is InChI=1S/C18H34N2O/c1-18(2,3)14-21-17(19-15-10-6-4-7-11-15)20-16-12-8-5-9-13-16/h15-16H,4-14H2,1-3H3,(H,19,20). The van der Waals surface area contributed by atoms with Crippen LogP contribution in [0.4, 0.5) is 0 Å². The molecule has 3 heteroatoms. The molecule has 0 saturated heterocycles. The summed E-state index contributed by atoms with van der Waals surface area (Å²) in [5.41, 5.74) is 0.182. The first-order valence-corrected chi connectivity index (χ1v) is 9.00. The van der Waals surface area contributed by atoms with Crippen LogP contribution in [-0.2, 0) is 4.74 Å². The van der Waals surface area contributed by atoms with Gasteiger partial charge in [0.2, 0.25) is 0 Å². The Morgan fingerprint density at radius 3 is 2.10 bits per heavy atom. The fourth-order valence-electron chi connectivity index (χ4n) is 3.20. The third kappa shape index (κ3) is 6.71. The summed E-state index contributed by atoms with van der Waals surface area (Å²) in [6, 6.07) is 1.87. The molecule has 0 heterocycles. The Hall–Kier alpha value is -0.730. The van der Waals surface area contributed by atoms with Gasteiger partial charge in [-0.05, 0) is 31.1 Å². The van der Waals surface area contributed by atoms with Crippen molar-refractivity contribution < 1.29 is 4.74 Å². The highest BCUT2D eigenvalue weighted by molar-refractivity contribution is 5.74. The lowest BCUT2D eigenvalue weighted by atomic mass is 9.95. The molecule has 1 N–H and O–H groups in total. The summed E-state index contributed by atoms with van der Waals surface area (Å²) in [4.78, 5) is 4.92. The van der Waals surface area contributed by atoms with Crippen LogP contribution in [0.5, 0.6) is 0 Å². The third-order valence-corrected chi connectivity index (χ3v) is 4.45. The molecule has 2 saturated carbocycles. The van der Waals surface area contributed by atoms with E-state index in [9.17, 15) is 0 Å². The van der Waals surface area contributed by atoms with Crippen LogP contribution in [-0.4, -0.2) is 24.7 Å². The molecule has 3 nitrogen and oxygen atoms in total. The van der Waals surface area contributed by atoms with Crippen molar-refractivity contribution in [3.8, 4) is 0 Å². The first-order chi connectivity index (χ1) is 10.0. The van der Waals surface area contributed by atoms with Crippen molar-refractivity contribution in [2.45, 2.75) is 97.1 Å². The number of hydrogen-bond acceptors (Lipinski definition) is 2. The second-order valence-corrected chi connectivity index (χ2v) is 8.05. The van der Waals surface area contributed by atoms with E-state index in [1.165, 1.54) is 64.2 Å². The van der Waals surface area contributed by atoms with Crippen LogP contribution < -0.4 is 5.32 Å². The van der Waals surface area contributed by atoms with Crippen LogP contribution in [0.3, 0.4) is 0 Å². The quantitative estimate of drug-likeness (QED) is 0.606. The molecule has 0 bridgehead atoms. The van der Waals surface area contributed by atoms with Crippen LogP contribution >= 0.6 is 0 Å². The van der Waals surface area contributed by atoms with Crippen molar-refractivity contribution >= 4 is 6.02 Å². The van der Waals surface area contributed by atoms with E-state index in [1.54, 1.807) is 0 Å². The van der Waals surface area contributed by atoms with E-state index in [1.807, 2.05) is 0 Å². The Bertz CT molecular complexity index is 321. The van der Waals surface area contributed by atoms with Gasteiger partial charge in [-0.3, -0.25) is 0 Å². The molecule has 0 aromatic rings. The van der Waals surface area contributed by atoms with Gasteiger partial charge in [-0.25, -0.2) is 4.99 Å². The van der Waals surface area contributed by atoms with Crippen LogP contribution in [0.15, 0.2) is 4.99 Å². The van der Waals surface area contributed by atoms with Crippen molar-refractivity contribution in [2.24, 2.45) is 10.4 Å². The smallest absolute Gasteiger partial charge is 0.285 e. The van der Waals surface area contributed by atoms with E-state index in [0.29, 0.717) is 12.1 Å². The molecule has 0 aromatic heterocycles. The van der Waals surface area contributed by atoms with E-state index >= 15 is 0 Å². The molecule has 2 aliphatic carbocycles. The average Bonchev–Trinajstić information content (AvgIpc) is 2.46. The number of nitrogens with one attached hydrogen (secondary N) is 1. The highest BCUT2D eigenvalue weighted by Gasteiger charge is 2.20. The van der Waals surface area contributed by atoms with Crippen molar-refractivity contribution in [2.75, 3.05) is 6.61 Å². The fourth-order valence-corrected chi connectivity index (χ4v) is 3.20. The van der Waals surface area contributed by atoms with Crippen LogP contribution in [0, 0.1) is 5.41 Å². The van der Waals surface area contributed by atoms with Gasteiger partial charge >= 0.3 is 0 Å². The largest absolute Gasteiger partial charge is 0.465 e. The first kappa shape index (κ1) is 16.6. The minimum absolute atomic E-state index is 0.182. The highest BCUT2D eigenvalue weighted by atomic mass is 16.5. The zero-order valence-electron chi connectivity index (χ0n) is 14.3. The molecule has 0 aliphatic heterocycles. The SMILES string of the molecule is CC(C)(C)COC(=NC1CCCCC1)NC1CCCCC1. The Kier molecular flexibility index (Phi) is 6.38. The monoisotopic (exact) mass is 294 g/mol. The number of amidine groups is 1. The maximum atomic E-state index is 6.05. The van der Waals surface area contributed by atoms with Gasteiger partial charge in [0.15, 0.2) is 0 Å². The third-order valence-electron chi connectivity index (χ3n) is 4.45. The highest BCUT2D eigenvalue weighted by Crippen LogP contribution is 2.22. The lowest BCUT2D eigenvalue weighted by Gasteiger charge is -2.27. The van der Waals surface area contributed by atoms with Crippen molar-refractivity contribution in [3.05, 3.63) is 0 Å². The molecule has 0 aromatic carbocycles. The Morgan fingerprint density at radius 1 is 0.952 bits per heavy atom. The van der Waals surface area contributed by atoms with Gasteiger partial charge in [-0.15, -0.1) is 0 Å². The summed E-state index contributed by atoms with van der Waals surface area (Å²) < 4.78 is 6.05. The van der Waals surface area contributed by atoms with Gasteiger partial charge in [0.1, 0.15) is 0 Å². The van der Waals surface area contributed by atoms with E-state index in [4.69, 9.17) is 9.73 Å². The Balaban J connectivity index is 1.92. The predicted octanol–water partition coefficient (Wildman–Crippen LogP) is 4.66. The van der Waals surface area contributed by atoms with Gasteiger partial charge in [0, 0.05) is 6.04 Å². The number of rotatable bonds is 3. The van der Waals surface area contributed by atoms with Crippen molar-refractivity contribution in [1.29, 1.82) is 0 Å². The van der Waals surface area contributed by atoms with Crippen molar-refractivity contribution in [1.82, 2.24) is 5.32 Å². The summed E-state index contributed by atoms with van der Waals surface area (Å²) in [7, 11) is 0. The molecule has 0 amide bonds. The number of aliphatic imine (C=N–C) groups is 1. The van der Waals surface area contributed by atoms with Crippen molar-refractivity contribution in [3.63, 3.8) is 0 Å². The maximum absolute atomic E-state index is 6.05. The lowest BCUT2D eigenvalue weighted by Crippen LogP contribution is -2.39. The minimum Gasteiger partial charge on any atom is -0.465 e. The van der Waals surface area contributed by atoms with Crippen LogP contribution in [0.1, 0.15) is 85.0 Å². The molecule has 2 fully saturated rings. The van der Waals surface area contributed by atoms with Crippen LogP contribution in [0.2, 0.25) is 0 Å². The molecule has 0 radical (unpaired) electrons. The summed E-state index contributed by atoms with van der Waals surface area (Å²) >= 11 is 0. The number of ether oxygens (including phenoxy) is 1. The number of hydrogen-bond donors (Lipinski definition) is 1. The molecule has 0 atom stereocenters. The predicted molar refractivity (Wildman–Crippen MR) is 89.7 cm³/mol. The molecule has 2 rings (SSSR count). The average molecular weight is 294 g/mol. The van der Waals surface area contributed by atoms with E-state index in [0.717, 1.165) is 12.6 Å². The fraction of sp³-hybridized carbons (Fsp3) is 0.944. The van der Waals surface area contributed by atoms with Gasteiger partial charge in [0.25, 0.3) is 6.02 Å². The molecule has 21 heavy (non-hydrogen) atoms. The summed E-state index contributed by atoms with van der Waals surface area (Å²) in [5, 5.41) is 3.60. The van der Waals surface area contributed by atoms with Gasteiger partial charge in [0.05, 0.1) is 12.6 Å². The number of nitrogens with zero attached hydrogens (tertiary/aromatic N) is 1. The summed E-state index contributed by atoms with van der Waals surface area (Å²) in [6.45, 7) is 7.38. The molecular formula is C18H34N2O. The Morgan fingerprint density at radius 2 is 1.52 bits per heavy atom. The van der Waals surface area contributed by atoms with Crippen LogP contribution in [0.25, 0.3) is 0 Å². The topological polar surface area (TPSA) is 33.6 Å². The van der Waals surface area contributed by atoms with Gasteiger partial charge < -0.3 is 10.1 Å². The lowest BCUT2D eigenvalue weighted by molar-refractivity contribution is 0.173. The van der Waals surface area contributed by atoms with E-state index in [-0.39, 0.29) is 5.41 Å². The molecule has 0 spiro atoms. The molecule has 122 valence electrons. The molecule has 2 aliphatic rings. The molecular weight excluding hydrogens is 260 g/mol. The second kappa shape index (κ2) is 8.05. The zero-order chi connectivity index (χ0) is 15.1. The van der Waals surface area contributed by atoms with E-state index < -0.39 is 0 Å². The van der Waals surface area contributed by atoms with Gasteiger partial charge in [-0.2, -0.15) is 0 Å². The van der Waals surface area contributed by atoms with Gasteiger partial charge in [-0.1, -0.05) is 59.3 Å². The minimum atomic E-state index is 0.182. The summed E-state index contributed by atoms with van der Waals surface area (Å²) in [5.74, 6) is 0. The van der Waals surface area contributed by atoms with E-state index in [2.05, 4.69) is 26.1 Å². The zero-order valence-corrected chi connectivity index (χ0v) is 14.3. The first-order valence-electron chi connectivity index (χ1n) is 9.00. The second-order valence-electron chi connectivity index (χ2n) is 8.05. The maximum Gasteiger partial charge on any atom is 0.285 e.